The molecule has 2 N–H and O–H groups in total. The Hall–Kier alpha value is -2.60. The van der Waals surface area contributed by atoms with Crippen molar-refractivity contribution in [3.05, 3.63) is 59.4 Å². The Morgan fingerprint density at radius 2 is 1.96 bits per heavy atom. The summed E-state index contributed by atoms with van der Waals surface area (Å²) in [5.41, 5.74) is 0.790. The molecule has 124 valence electrons. The van der Waals surface area contributed by atoms with E-state index >= 15 is 0 Å². The highest BCUT2D eigenvalue weighted by Crippen LogP contribution is 2.22. The summed E-state index contributed by atoms with van der Waals surface area (Å²) in [7, 11) is 0. The number of nitrogens with one attached hydrogen (secondary N) is 2. The third-order valence-corrected chi connectivity index (χ3v) is 3.99. The number of urea groups is 1. The highest BCUT2D eigenvalue weighted by Gasteiger charge is 2.33. The third-order valence-electron chi connectivity index (χ3n) is 3.76. The Labute approximate surface area is 143 Å². The Balaban J connectivity index is 1.62. The number of amides is 3. The second kappa shape index (κ2) is 6.88. The van der Waals surface area contributed by atoms with Crippen LogP contribution in [0.3, 0.4) is 0 Å². The molecule has 5 nitrogen and oxygen atoms in total. The minimum Gasteiger partial charge on any atom is -0.326 e. The van der Waals surface area contributed by atoms with Gasteiger partial charge in [0.05, 0.1) is 5.69 Å². The number of para-hydroxylation sites is 1. The molecule has 2 aromatic rings. The van der Waals surface area contributed by atoms with Crippen LogP contribution in [0.25, 0.3) is 0 Å². The first kappa shape index (κ1) is 16.3. The first-order valence-corrected chi connectivity index (χ1v) is 7.81. The fourth-order valence-corrected chi connectivity index (χ4v) is 2.74. The van der Waals surface area contributed by atoms with Gasteiger partial charge in [-0.05, 0) is 36.8 Å². The Kier molecular flexibility index (Phi) is 4.66. The van der Waals surface area contributed by atoms with Crippen LogP contribution < -0.4 is 15.5 Å². The van der Waals surface area contributed by atoms with Crippen LogP contribution >= 0.6 is 11.6 Å². The molecule has 0 bridgehead atoms. The number of rotatable bonds is 3. The second-order valence-corrected chi connectivity index (χ2v) is 5.83. The van der Waals surface area contributed by atoms with Gasteiger partial charge in [0.15, 0.2) is 0 Å². The van der Waals surface area contributed by atoms with E-state index in [2.05, 4.69) is 10.6 Å². The number of nitrogens with zero attached hydrogens (tertiary/aromatic N) is 1. The normalized spacial score (nSPS) is 17.0. The smallest absolute Gasteiger partial charge is 0.319 e. The summed E-state index contributed by atoms with van der Waals surface area (Å²) in [5, 5.41) is 5.20. The van der Waals surface area contributed by atoms with E-state index in [-0.39, 0.29) is 16.6 Å². The van der Waals surface area contributed by atoms with Gasteiger partial charge in [-0.3, -0.25) is 4.79 Å². The average molecular weight is 348 g/mol. The number of benzene rings is 2. The minimum atomic E-state index is -0.638. The zero-order valence-corrected chi connectivity index (χ0v) is 13.4. The van der Waals surface area contributed by atoms with Crippen LogP contribution in [0.2, 0.25) is 5.02 Å². The fourth-order valence-electron chi connectivity index (χ4n) is 2.59. The van der Waals surface area contributed by atoms with Crippen LogP contribution in [-0.2, 0) is 4.79 Å². The van der Waals surface area contributed by atoms with E-state index in [0.29, 0.717) is 13.0 Å². The molecule has 0 radical (unpaired) electrons. The third kappa shape index (κ3) is 3.49. The molecule has 3 amide bonds. The van der Waals surface area contributed by atoms with E-state index in [4.69, 9.17) is 11.6 Å². The summed E-state index contributed by atoms with van der Waals surface area (Å²) in [4.78, 5) is 26.0. The SMILES string of the molecule is O=C(Nc1ccc(Cl)cc1F)NC1CCN(c2ccccc2)C1=O. The van der Waals surface area contributed by atoms with Gasteiger partial charge in [-0.25, -0.2) is 9.18 Å². The van der Waals surface area contributed by atoms with Gasteiger partial charge in [-0.15, -0.1) is 0 Å². The van der Waals surface area contributed by atoms with Crippen molar-refractivity contribution < 1.29 is 14.0 Å². The van der Waals surface area contributed by atoms with E-state index in [9.17, 15) is 14.0 Å². The molecule has 0 saturated carbocycles. The van der Waals surface area contributed by atoms with Crippen LogP contribution in [0.5, 0.6) is 0 Å². The molecule has 1 unspecified atom stereocenters. The molecule has 1 heterocycles. The van der Waals surface area contributed by atoms with Crippen molar-refractivity contribution in [3.8, 4) is 0 Å². The highest BCUT2D eigenvalue weighted by molar-refractivity contribution is 6.30. The second-order valence-electron chi connectivity index (χ2n) is 5.39. The van der Waals surface area contributed by atoms with Crippen molar-refractivity contribution in [2.75, 3.05) is 16.8 Å². The zero-order chi connectivity index (χ0) is 17.1. The lowest BCUT2D eigenvalue weighted by atomic mass is 10.2. The number of carbonyl (C=O) groups excluding carboxylic acids is 2. The quantitative estimate of drug-likeness (QED) is 0.893. The average Bonchev–Trinajstić information content (AvgIpc) is 2.92. The van der Waals surface area contributed by atoms with Gasteiger partial charge in [0.2, 0.25) is 5.91 Å². The minimum absolute atomic E-state index is 0.00209. The molecular formula is C17H15ClFN3O2. The molecule has 1 atom stereocenters. The molecule has 1 fully saturated rings. The van der Waals surface area contributed by atoms with Gasteiger partial charge in [-0.1, -0.05) is 29.8 Å². The molecule has 1 saturated heterocycles. The maximum atomic E-state index is 13.7. The van der Waals surface area contributed by atoms with Crippen molar-refractivity contribution in [2.24, 2.45) is 0 Å². The van der Waals surface area contributed by atoms with Gasteiger partial charge in [0, 0.05) is 17.3 Å². The molecule has 24 heavy (non-hydrogen) atoms. The van der Waals surface area contributed by atoms with Crippen molar-refractivity contribution in [2.45, 2.75) is 12.5 Å². The van der Waals surface area contributed by atoms with Gasteiger partial charge in [0.25, 0.3) is 0 Å². The van der Waals surface area contributed by atoms with E-state index in [1.165, 1.54) is 12.1 Å². The number of anilines is 2. The summed E-state index contributed by atoms with van der Waals surface area (Å²) in [6, 6.07) is 11.9. The molecule has 1 aliphatic rings. The number of halogens is 2. The Morgan fingerprint density at radius 3 is 2.67 bits per heavy atom. The van der Waals surface area contributed by atoms with E-state index in [0.717, 1.165) is 11.8 Å². The summed E-state index contributed by atoms with van der Waals surface area (Å²) in [6.07, 6.45) is 0.490. The van der Waals surface area contributed by atoms with Gasteiger partial charge >= 0.3 is 6.03 Å². The topological polar surface area (TPSA) is 61.4 Å². The molecule has 3 rings (SSSR count). The maximum absolute atomic E-state index is 13.7. The number of hydrogen-bond donors (Lipinski definition) is 2. The van der Waals surface area contributed by atoms with Crippen LogP contribution in [0.15, 0.2) is 48.5 Å². The molecule has 0 aromatic heterocycles. The summed E-state index contributed by atoms with van der Waals surface area (Å²) >= 11 is 5.67. The summed E-state index contributed by atoms with van der Waals surface area (Å²) < 4.78 is 13.7. The molecule has 0 aliphatic carbocycles. The maximum Gasteiger partial charge on any atom is 0.319 e. The fraction of sp³-hybridized carbons (Fsp3) is 0.176. The van der Waals surface area contributed by atoms with E-state index in [1.54, 1.807) is 4.90 Å². The Bertz CT molecular complexity index is 770. The van der Waals surface area contributed by atoms with Gasteiger partial charge < -0.3 is 15.5 Å². The van der Waals surface area contributed by atoms with E-state index < -0.39 is 17.9 Å². The van der Waals surface area contributed by atoms with Gasteiger partial charge in [-0.2, -0.15) is 0 Å². The van der Waals surface area contributed by atoms with Crippen LogP contribution in [0.1, 0.15) is 6.42 Å². The first-order chi connectivity index (χ1) is 11.5. The van der Waals surface area contributed by atoms with Crippen molar-refractivity contribution in [1.82, 2.24) is 5.32 Å². The standard InChI is InChI=1S/C17H15ClFN3O2/c18-11-6-7-14(13(19)10-11)20-17(24)21-15-8-9-22(16(15)23)12-4-2-1-3-5-12/h1-7,10,15H,8-9H2,(H2,20,21,24). The zero-order valence-electron chi connectivity index (χ0n) is 12.6. The van der Waals surface area contributed by atoms with Crippen LogP contribution in [-0.4, -0.2) is 24.5 Å². The van der Waals surface area contributed by atoms with E-state index in [1.807, 2.05) is 30.3 Å². The molecule has 2 aromatic carbocycles. The first-order valence-electron chi connectivity index (χ1n) is 7.43. The lowest BCUT2D eigenvalue weighted by Crippen LogP contribution is -2.43. The summed E-state index contributed by atoms with van der Waals surface area (Å²) in [6.45, 7) is 0.517. The predicted molar refractivity (Wildman–Crippen MR) is 90.8 cm³/mol. The molecule has 1 aliphatic heterocycles. The van der Waals surface area contributed by atoms with Gasteiger partial charge in [0.1, 0.15) is 11.9 Å². The largest absolute Gasteiger partial charge is 0.326 e. The van der Waals surface area contributed by atoms with Crippen LogP contribution in [0.4, 0.5) is 20.6 Å². The van der Waals surface area contributed by atoms with Crippen molar-refractivity contribution in [1.29, 1.82) is 0 Å². The number of hydrogen-bond acceptors (Lipinski definition) is 2. The number of carbonyl (C=O) groups is 2. The molecule has 0 spiro atoms. The van der Waals surface area contributed by atoms with Crippen LogP contribution in [0, 0.1) is 5.82 Å². The monoisotopic (exact) mass is 347 g/mol. The Morgan fingerprint density at radius 1 is 1.21 bits per heavy atom. The lowest BCUT2D eigenvalue weighted by Gasteiger charge is -2.17. The summed E-state index contributed by atoms with van der Waals surface area (Å²) in [5.74, 6) is -0.825. The predicted octanol–water partition coefficient (Wildman–Crippen LogP) is 3.41. The molecule has 7 heteroatoms. The highest BCUT2D eigenvalue weighted by atomic mass is 35.5. The van der Waals surface area contributed by atoms with Crippen molar-refractivity contribution >= 4 is 34.9 Å². The molecular weight excluding hydrogens is 333 g/mol. The van der Waals surface area contributed by atoms with Crippen molar-refractivity contribution in [3.63, 3.8) is 0 Å². The lowest BCUT2D eigenvalue weighted by molar-refractivity contribution is -0.118.